The lowest BCUT2D eigenvalue weighted by Crippen LogP contribution is -2.08. The van der Waals surface area contributed by atoms with Crippen LogP contribution in [0.25, 0.3) is 6.08 Å². The Balaban J connectivity index is 3.17. The predicted molar refractivity (Wildman–Crippen MR) is 65.6 cm³/mol. The van der Waals surface area contributed by atoms with Gasteiger partial charge in [-0.05, 0) is 37.6 Å². The van der Waals surface area contributed by atoms with E-state index >= 15 is 0 Å². The van der Waals surface area contributed by atoms with Crippen LogP contribution >= 0.6 is 0 Å². The second-order valence-electron chi connectivity index (χ2n) is 3.58. The summed E-state index contributed by atoms with van der Waals surface area (Å²) in [4.78, 5) is 22.0. The number of hydrogen-bond donors (Lipinski definition) is 2. The van der Waals surface area contributed by atoms with Crippen LogP contribution in [0.5, 0.6) is 11.5 Å². The van der Waals surface area contributed by atoms with E-state index in [1.54, 1.807) is 6.92 Å². The molecule has 0 bridgehead atoms. The molecule has 0 fully saturated rings. The summed E-state index contributed by atoms with van der Waals surface area (Å²) < 4.78 is 5.17. The molecule has 96 valence electrons. The molecule has 0 atom stereocenters. The Morgan fingerprint density at radius 1 is 1.39 bits per heavy atom. The zero-order chi connectivity index (χ0) is 13.7. The summed E-state index contributed by atoms with van der Waals surface area (Å²) in [5.41, 5.74) is 0.159. The van der Waals surface area contributed by atoms with Crippen molar-refractivity contribution in [3.63, 3.8) is 0 Å². The minimum absolute atomic E-state index is 0.0336. The molecule has 0 aromatic heterocycles. The Hall–Kier alpha value is -2.30. The average molecular weight is 250 g/mol. The fourth-order valence-electron chi connectivity index (χ4n) is 1.37. The molecule has 1 rings (SSSR count). The van der Waals surface area contributed by atoms with Crippen molar-refractivity contribution >= 4 is 17.8 Å². The van der Waals surface area contributed by atoms with E-state index in [0.717, 1.165) is 0 Å². The second-order valence-corrected chi connectivity index (χ2v) is 3.58. The van der Waals surface area contributed by atoms with Crippen molar-refractivity contribution in [3.8, 4) is 11.5 Å². The summed E-state index contributed by atoms with van der Waals surface area (Å²) in [5.74, 6) is -1.60. The number of ketones is 1. The largest absolute Gasteiger partial charge is 0.504 e. The molecule has 1 aromatic carbocycles. The zero-order valence-corrected chi connectivity index (χ0v) is 10.1. The van der Waals surface area contributed by atoms with Crippen molar-refractivity contribution in [2.24, 2.45) is 0 Å². The first-order chi connectivity index (χ1) is 8.45. The monoisotopic (exact) mass is 250 g/mol. The molecule has 0 aliphatic heterocycles. The van der Waals surface area contributed by atoms with Gasteiger partial charge in [0.2, 0.25) is 0 Å². The van der Waals surface area contributed by atoms with Crippen LogP contribution < -0.4 is 4.74 Å². The molecule has 0 amide bonds. The maximum Gasteiger partial charge on any atom is 0.339 e. The lowest BCUT2D eigenvalue weighted by molar-refractivity contribution is -0.134. The number of Topliss-reactive ketones (excluding diaryl/α,β-unsaturated/α-hetero) is 1. The lowest BCUT2D eigenvalue weighted by Gasteiger charge is -2.06. The van der Waals surface area contributed by atoms with Gasteiger partial charge in [0.15, 0.2) is 17.3 Å². The number of carbonyl (C=O) groups is 2. The van der Waals surface area contributed by atoms with E-state index in [2.05, 4.69) is 0 Å². The zero-order valence-electron chi connectivity index (χ0n) is 10.1. The summed E-state index contributed by atoms with van der Waals surface area (Å²) in [6.07, 6.45) is 1.24. The highest BCUT2D eigenvalue weighted by molar-refractivity contribution is 6.19. The number of benzene rings is 1. The summed E-state index contributed by atoms with van der Waals surface area (Å²) >= 11 is 0. The maximum atomic E-state index is 11.1. The smallest absolute Gasteiger partial charge is 0.339 e. The third-order valence-electron chi connectivity index (χ3n) is 2.20. The van der Waals surface area contributed by atoms with Gasteiger partial charge in [-0.1, -0.05) is 6.07 Å². The number of carbonyl (C=O) groups excluding carboxylic acids is 1. The molecule has 0 aliphatic rings. The highest BCUT2D eigenvalue weighted by Crippen LogP contribution is 2.27. The molecule has 0 saturated heterocycles. The molecule has 0 saturated carbocycles. The summed E-state index contributed by atoms with van der Waals surface area (Å²) in [6.45, 7) is 3.32. The number of ether oxygens (including phenoxy) is 1. The van der Waals surface area contributed by atoms with Gasteiger partial charge in [-0.2, -0.15) is 0 Å². The average Bonchev–Trinajstić information content (AvgIpc) is 2.29. The van der Waals surface area contributed by atoms with E-state index in [4.69, 9.17) is 9.84 Å². The fourth-order valence-corrected chi connectivity index (χ4v) is 1.37. The Kier molecular flexibility index (Phi) is 4.48. The molecule has 5 heteroatoms. The molecule has 1 aromatic rings. The number of phenolic OH excluding ortho intramolecular Hbond substituents is 1. The molecule has 0 spiro atoms. The van der Waals surface area contributed by atoms with Gasteiger partial charge in [-0.3, -0.25) is 4.79 Å². The van der Waals surface area contributed by atoms with Gasteiger partial charge in [-0.15, -0.1) is 0 Å². The minimum Gasteiger partial charge on any atom is -0.504 e. The standard InChI is InChI=1S/C13H14O5/c1-3-18-12-7-9(4-5-11(12)15)6-10(8(2)14)13(16)17/h4-7,15H,3H2,1-2H3,(H,16,17). The lowest BCUT2D eigenvalue weighted by atomic mass is 10.1. The van der Waals surface area contributed by atoms with E-state index in [-0.39, 0.29) is 17.1 Å². The number of carboxylic acids is 1. The highest BCUT2D eigenvalue weighted by atomic mass is 16.5. The minimum atomic E-state index is -1.28. The molecular formula is C13H14O5. The number of phenols is 1. The third kappa shape index (κ3) is 3.35. The van der Waals surface area contributed by atoms with Crippen LogP contribution in [0.1, 0.15) is 19.4 Å². The molecular weight excluding hydrogens is 236 g/mol. The van der Waals surface area contributed by atoms with Crippen LogP contribution in [0.2, 0.25) is 0 Å². The molecule has 5 nitrogen and oxygen atoms in total. The van der Waals surface area contributed by atoms with Gasteiger partial charge >= 0.3 is 5.97 Å². The van der Waals surface area contributed by atoms with E-state index in [0.29, 0.717) is 12.2 Å². The first-order valence-corrected chi connectivity index (χ1v) is 5.37. The highest BCUT2D eigenvalue weighted by Gasteiger charge is 2.13. The number of aromatic hydroxyl groups is 1. The van der Waals surface area contributed by atoms with Gasteiger partial charge in [0.25, 0.3) is 0 Å². The molecule has 0 unspecified atom stereocenters. The van der Waals surface area contributed by atoms with Crippen LogP contribution in [-0.2, 0) is 9.59 Å². The summed E-state index contributed by atoms with van der Waals surface area (Å²) in [5, 5.41) is 18.4. The maximum absolute atomic E-state index is 11.1. The number of aliphatic carboxylic acids is 1. The Bertz CT molecular complexity index is 486. The fraction of sp³-hybridized carbons (Fsp3) is 0.231. The van der Waals surface area contributed by atoms with Crippen LogP contribution in [0.15, 0.2) is 23.8 Å². The van der Waals surface area contributed by atoms with E-state index < -0.39 is 11.8 Å². The van der Waals surface area contributed by atoms with Crippen LogP contribution in [-0.4, -0.2) is 28.6 Å². The van der Waals surface area contributed by atoms with Crippen LogP contribution in [0.3, 0.4) is 0 Å². The van der Waals surface area contributed by atoms with Gasteiger partial charge < -0.3 is 14.9 Å². The predicted octanol–water partition coefficient (Wildman–Crippen LogP) is 1.85. The van der Waals surface area contributed by atoms with Crippen LogP contribution in [0.4, 0.5) is 0 Å². The van der Waals surface area contributed by atoms with Gasteiger partial charge in [0.1, 0.15) is 5.57 Å². The molecule has 0 aliphatic carbocycles. The number of hydrogen-bond acceptors (Lipinski definition) is 4. The topological polar surface area (TPSA) is 83.8 Å². The van der Waals surface area contributed by atoms with Gasteiger partial charge in [0, 0.05) is 0 Å². The normalized spacial score (nSPS) is 11.1. The van der Waals surface area contributed by atoms with E-state index in [1.165, 1.54) is 31.2 Å². The van der Waals surface area contributed by atoms with Crippen molar-refractivity contribution in [3.05, 3.63) is 29.3 Å². The Labute approximate surface area is 104 Å². The van der Waals surface area contributed by atoms with Gasteiger partial charge in [-0.25, -0.2) is 4.79 Å². The SMILES string of the molecule is CCOc1cc(C=C(C(C)=O)C(=O)O)ccc1O. The Morgan fingerprint density at radius 3 is 2.56 bits per heavy atom. The third-order valence-corrected chi connectivity index (χ3v) is 2.20. The van der Waals surface area contributed by atoms with E-state index in [9.17, 15) is 14.7 Å². The van der Waals surface area contributed by atoms with E-state index in [1.807, 2.05) is 0 Å². The number of carboxylic acid groups (broad SMARTS) is 1. The number of rotatable bonds is 5. The van der Waals surface area contributed by atoms with Crippen molar-refractivity contribution in [1.29, 1.82) is 0 Å². The summed E-state index contributed by atoms with van der Waals surface area (Å²) in [7, 11) is 0. The first kappa shape index (κ1) is 13.8. The van der Waals surface area contributed by atoms with Crippen molar-refractivity contribution in [2.75, 3.05) is 6.61 Å². The van der Waals surface area contributed by atoms with Crippen molar-refractivity contribution < 1.29 is 24.5 Å². The molecule has 0 heterocycles. The quantitative estimate of drug-likeness (QED) is 0.473. The van der Waals surface area contributed by atoms with Crippen molar-refractivity contribution in [1.82, 2.24) is 0 Å². The molecule has 18 heavy (non-hydrogen) atoms. The molecule has 0 radical (unpaired) electrons. The summed E-state index contributed by atoms with van der Waals surface area (Å²) in [6, 6.07) is 4.37. The Morgan fingerprint density at radius 2 is 2.06 bits per heavy atom. The second kappa shape index (κ2) is 5.86. The molecule has 2 N–H and O–H groups in total. The van der Waals surface area contributed by atoms with Gasteiger partial charge in [0.05, 0.1) is 6.61 Å². The van der Waals surface area contributed by atoms with Crippen LogP contribution in [0, 0.1) is 0 Å². The first-order valence-electron chi connectivity index (χ1n) is 5.37. The van der Waals surface area contributed by atoms with Crippen molar-refractivity contribution in [2.45, 2.75) is 13.8 Å².